The fraction of sp³-hybridized carbons (Fsp3) is 0.487. The first-order chi connectivity index (χ1) is 30.6. The highest BCUT2D eigenvalue weighted by atomic mass is 32.2. The van der Waals surface area contributed by atoms with Gasteiger partial charge in [-0.05, 0) is 64.8 Å². The largest absolute Gasteiger partial charge is 0.418 e. The highest BCUT2D eigenvalue weighted by molar-refractivity contribution is 7.93. The van der Waals surface area contributed by atoms with Crippen molar-refractivity contribution in [1.29, 1.82) is 0 Å². The molecule has 19 nitrogen and oxygen atoms in total. The van der Waals surface area contributed by atoms with Gasteiger partial charge in [-0.2, -0.15) is 10.2 Å². The predicted octanol–water partition coefficient (Wildman–Crippen LogP) is 7.49. The van der Waals surface area contributed by atoms with Gasteiger partial charge in [-0.25, -0.2) is 52.8 Å². The van der Waals surface area contributed by atoms with E-state index in [0.29, 0.717) is 37.5 Å². The van der Waals surface area contributed by atoms with Crippen LogP contribution in [-0.2, 0) is 33.8 Å². The van der Waals surface area contributed by atoms with Gasteiger partial charge in [0.2, 0.25) is 29.7 Å². The molecule has 0 bridgehead atoms. The standard InChI is InChI=1S/C16H20F3N5O4S.C12H18F3N3O2S.C10H8N2O3.CH4/c1-16(19,29(26,27)11-9-23(2)21-13(11)14(17)18)10-3-6-24(7-4-10)15(25)20-12-5-8-28-22-12;1-12(15,8-3-5-16-6-4-8)21(19,20)9-7-18(2)17-10(9)11(13)14;13-10(11-9-6-7-14-12-9)15-8-4-2-1-3-5-8;/h5,8-10,14H,3-4,6-7H2,1-2H3,(H,20,22,25);7-8,11,16H,3-6H2,1-2H3;1-7H,(H,11,12,13);1H4/t16-;12-;;/m00../s1. The average Bonchev–Trinajstić information content (AvgIpc) is 4.11. The summed E-state index contributed by atoms with van der Waals surface area (Å²) in [7, 11) is -6.69. The number of likely N-dealkylation sites (tertiary alicyclic amines) is 1. The summed E-state index contributed by atoms with van der Waals surface area (Å²) >= 11 is 0. The first-order valence-electron chi connectivity index (χ1n) is 19.7. The van der Waals surface area contributed by atoms with Gasteiger partial charge < -0.3 is 24.0 Å². The molecule has 2 aliphatic rings. The fourth-order valence-electron chi connectivity index (χ4n) is 6.96. The molecule has 0 aliphatic carbocycles. The molecule has 0 radical (unpaired) electrons. The van der Waals surface area contributed by atoms with Crippen LogP contribution in [-0.4, -0.2) is 99.9 Å². The van der Waals surface area contributed by atoms with E-state index in [1.807, 2.05) is 6.07 Å². The maximum absolute atomic E-state index is 15.5. The molecule has 2 saturated heterocycles. The number of piperidine rings is 2. The number of aryl methyl sites for hydroxylation is 2. The van der Waals surface area contributed by atoms with Gasteiger partial charge in [0, 0.05) is 63.5 Å². The van der Waals surface area contributed by atoms with E-state index in [0.717, 1.165) is 35.6 Å². The number of carbonyl (C=O) groups is 2. The summed E-state index contributed by atoms with van der Waals surface area (Å²) < 4.78 is 149. The highest BCUT2D eigenvalue weighted by Gasteiger charge is 2.51. The van der Waals surface area contributed by atoms with Crippen molar-refractivity contribution in [2.24, 2.45) is 25.9 Å². The van der Waals surface area contributed by atoms with Crippen LogP contribution < -0.4 is 20.7 Å². The molecule has 66 heavy (non-hydrogen) atoms. The minimum absolute atomic E-state index is 0. The summed E-state index contributed by atoms with van der Waals surface area (Å²) in [6.45, 7) is 3.04. The van der Waals surface area contributed by atoms with Gasteiger partial charge >= 0.3 is 12.1 Å². The van der Waals surface area contributed by atoms with E-state index in [1.165, 1.54) is 43.7 Å². The topological polar surface area (TPSA) is 239 Å². The number of urea groups is 1. The van der Waals surface area contributed by atoms with E-state index in [1.54, 1.807) is 24.3 Å². The number of amides is 3. The van der Waals surface area contributed by atoms with Crippen molar-refractivity contribution in [2.75, 3.05) is 36.8 Å². The lowest BCUT2D eigenvalue weighted by molar-refractivity contribution is 0.116. The number of alkyl halides is 6. The van der Waals surface area contributed by atoms with Crippen LogP contribution in [0.3, 0.4) is 0 Å². The van der Waals surface area contributed by atoms with Crippen LogP contribution in [0.5, 0.6) is 5.75 Å². The molecule has 364 valence electrons. The first kappa shape index (κ1) is 52.7. The fourth-order valence-corrected chi connectivity index (χ4v) is 10.6. The first-order valence-corrected chi connectivity index (χ1v) is 22.6. The monoisotopic (exact) mass is 980 g/mol. The summed E-state index contributed by atoms with van der Waals surface area (Å²) in [6, 6.07) is 11.2. The number of carbonyl (C=O) groups excluding carboxylic acids is 2. The number of hydrogen-bond donors (Lipinski definition) is 3. The Morgan fingerprint density at radius 2 is 1.18 bits per heavy atom. The van der Waals surface area contributed by atoms with E-state index in [9.17, 15) is 48.4 Å². The second-order valence-electron chi connectivity index (χ2n) is 15.0. The molecule has 7 rings (SSSR count). The number of nitrogens with zero attached hydrogens (tertiary/aromatic N) is 7. The van der Waals surface area contributed by atoms with Crippen LogP contribution >= 0.6 is 0 Å². The number of sulfone groups is 2. The molecule has 0 spiro atoms. The Bertz CT molecular complexity index is 2550. The number of rotatable bonds is 11. The number of ether oxygens (including phenoxy) is 1. The smallest absolute Gasteiger partial charge is 0.410 e. The van der Waals surface area contributed by atoms with Crippen LogP contribution in [0.1, 0.15) is 71.2 Å². The summed E-state index contributed by atoms with van der Waals surface area (Å²) in [5, 5.41) is 16.5. The lowest BCUT2D eigenvalue weighted by Gasteiger charge is -2.37. The Morgan fingerprint density at radius 3 is 1.61 bits per heavy atom. The summed E-state index contributed by atoms with van der Waals surface area (Å²) in [5.41, 5.74) is -1.86. The predicted molar refractivity (Wildman–Crippen MR) is 224 cm³/mol. The summed E-state index contributed by atoms with van der Waals surface area (Å²) in [4.78, 5) is 23.3. The number of benzene rings is 1. The molecule has 3 N–H and O–H groups in total. The number of para-hydroxylation sites is 1. The van der Waals surface area contributed by atoms with E-state index in [-0.39, 0.29) is 39.2 Å². The van der Waals surface area contributed by atoms with Crippen LogP contribution in [0, 0.1) is 11.8 Å². The molecule has 4 aromatic heterocycles. The van der Waals surface area contributed by atoms with E-state index >= 15 is 4.39 Å². The molecule has 2 aliphatic heterocycles. The number of nitrogens with one attached hydrogen (secondary N) is 3. The number of hydrogen-bond acceptors (Lipinski definition) is 14. The van der Waals surface area contributed by atoms with Crippen molar-refractivity contribution in [3.63, 3.8) is 0 Å². The molecule has 2 atom stereocenters. The van der Waals surface area contributed by atoms with Crippen molar-refractivity contribution in [3.8, 4) is 5.75 Å². The van der Waals surface area contributed by atoms with Crippen molar-refractivity contribution in [3.05, 3.63) is 78.8 Å². The minimum atomic E-state index is -4.74. The Kier molecular flexibility index (Phi) is 17.6. The van der Waals surface area contributed by atoms with Crippen molar-refractivity contribution in [1.82, 2.24) is 40.1 Å². The van der Waals surface area contributed by atoms with Crippen molar-refractivity contribution < 1.29 is 66.6 Å². The van der Waals surface area contributed by atoms with Gasteiger partial charge in [0.15, 0.2) is 11.6 Å². The van der Waals surface area contributed by atoms with Crippen LogP contribution in [0.15, 0.2) is 86.2 Å². The van der Waals surface area contributed by atoms with Gasteiger partial charge in [-0.15, -0.1) is 0 Å². The number of aromatic nitrogens is 6. The molecule has 5 aromatic rings. The molecule has 2 fully saturated rings. The third kappa shape index (κ3) is 12.3. The van der Waals surface area contributed by atoms with Gasteiger partial charge in [0.05, 0.1) is 0 Å². The molecule has 3 amide bonds. The second kappa shape index (κ2) is 22.0. The van der Waals surface area contributed by atoms with Gasteiger partial charge in [-0.3, -0.25) is 20.0 Å². The normalized spacial score (nSPS) is 16.7. The molecule has 27 heteroatoms. The Balaban J connectivity index is 0.000000226. The SMILES string of the molecule is C.Cn1cc(S(=O)(=O)[C@](C)(F)C2CCN(C(=O)Nc3ccon3)CC2)c(C(F)F)n1.Cn1cc(S(=O)(=O)[C@](C)(F)C2CCNCC2)c(C(F)F)n1.O=C(Nc1ccon1)Oc1ccccc1. The highest BCUT2D eigenvalue weighted by Crippen LogP contribution is 2.42. The summed E-state index contributed by atoms with van der Waals surface area (Å²) in [6.07, 6.45) is -1.58. The Hall–Kier alpha value is -5.96. The van der Waals surface area contributed by atoms with Gasteiger partial charge in [-0.1, -0.05) is 35.9 Å². The van der Waals surface area contributed by atoms with Crippen LogP contribution in [0.2, 0.25) is 0 Å². The molecule has 0 saturated carbocycles. The Morgan fingerprint density at radius 1 is 0.742 bits per heavy atom. The molecular weight excluding hydrogens is 931 g/mol. The molecule has 6 heterocycles. The van der Waals surface area contributed by atoms with Crippen LogP contribution in [0.4, 0.5) is 47.6 Å². The van der Waals surface area contributed by atoms with E-state index in [2.05, 4.69) is 45.5 Å². The van der Waals surface area contributed by atoms with Crippen molar-refractivity contribution >= 4 is 43.4 Å². The van der Waals surface area contributed by atoms with Gasteiger partial charge in [0.1, 0.15) is 39.5 Å². The van der Waals surface area contributed by atoms with E-state index in [4.69, 9.17) is 4.74 Å². The summed E-state index contributed by atoms with van der Waals surface area (Å²) in [5.74, 6) is -0.704. The lowest BCUT2D eigenvalue weighted by Crippen LogP contribution is -2.48. The molecular formula is C39H50F6N10O9S2. The zero-order valence-corrected chi connectivity index (χ0v) is 36.8. The second-order valence-corrected chi connectivity index (χ2v) is 19.5. The lowest BCUT2D eigenvalue weighted by atomic mass is 9.92. The maximum Gasteiger partial charge on any atom is 0.418 e. The average molecular weight is 981 g/mol. The van der Waals surface area contributed by atoms with E-state index < -0.39 is 87.7 Å². The quantitative estimate of drug-likeness (QED) is 0.109. The minimum Gasteiger partial charge on any atom is -0.410 e. The molecule has 0 unspecified atom stereocenters. The Labute approximate surface area is 376 Å². The zero-order chi connectivity index (χ0) is 47.7. The maximum atomic E-state index is 15.5. The third-order valence-electron chi connectivity index (χ3n) is 10.6. The third-order valence-corrected chi connectivity index (χ3v) is 15.1. The zero-order valence-electron chi connectivity index (χ0n) is 35.2. The number of anilines is 2. The van der Waals surface area contributed by atoms with Gasteiger partial charge in [0.25, 0.3) is 12.9 Å². The molecule has 1 aromatic carbocycles. The van der Waals surface area contributed by atoms with Crippen molar-refractivity contribution in [2.45, 2.75) is 79.6 Å². The number of halogens is 6. The van der Waals surface area contributed by atoms with Crippen LogP contribution in [0.25, 0.3) is 0 Å².